The highest BCUT2D eigenvalue weighted by atomic mass is 16.6. The Kier molecular flexibility index (Phi) is 6.28. The first-order valence-electron chi connectivity index (χ1n) is 8.81. The Morgan fingerprint density at radius 3 is 2.57 bits per heavy atom. The number of nitro benzene ring substituents is 1. The first-order valence-corrected chi connectivity index (χ1v) is 8.81. The SMILES string of the molecule is O=C(CCC(=O)Nc1ccccc1[N+](=O)[O-])N/N=C/c1coc2ccccc2c1=O. The summed E-state index contributed by atoms with van der Waals surface area (Å²) in [6, 6.07) is 12.4. The highest BCUT2D eigenvalue weighted by molar-refractivity contribution is 5.95. The van der Waals surface area contributed by atoms with Gasteiger partial charge in [0.05, 0.1) is 22.1 Å². The molecule has 2 amide bonds. The quantitative estimate of drug-likeness (QED) is 0.349. The topological polar surface area (TPSA) is 144 Å². The highest BCUT2D eigenvalue weighted by Gasteiger charge is 2.15. The number of fused-ring (bicyclic) bond motifs is 1. The third kappa shape index (κ3) is 4.93. The van der Waals surface area contributed by atoms with E-state index in [4.69, 9.17) is 4.42 Å². The number of carbonyl (C=O) groups is 2. The molecule has 0 radical (unpaired) electrons. The first kappa shape index (κ1) is 20.4. The van der Waals surface area contributed by atoms with Gasteiger partial charge in [0.15, 0.2) is 0 Å². The van der Waals surface area contributed by atoms with Crippen molar-refractivity contribution in [2.24, 2.45) is 5.10 Å². The molecular weight excluding hydrogens is 392 g/mol. The number of hydrazone groups is 1. The monoisotopic (exact) mass is 408 g/mol. The number of hydrogen-bond acceptors (Lipinski definition) is 7. The number of rotatable bonds is 7. The van der Waals surface area contributed by atoms with Gasteiger partial charge in [-0.15, -0.1) is 0 Å². The van der Waals surface area contributed by atoms with Crippen LogP contribution in [0.15, 0.2) is 69.1 Å². The molecule has 10 nitrogen and oxygen atoms in total. The lowest BCUT2D eigenvalue weighted by Crippen LogP contribution is -2.21. The van der Waals surface area contributed by atoms with Crippen LogP contribution in [0.3, 0.4) is 0 Å². The zero-order valence-electron chi connectivity index (χ0n) is 15.5. The van der Waals surface area contributed by atoms with E-state index in [9.17, 15) is 24.5 Å². The van der Waals surface area contributed by atoms with Crippen LogP contribution in [0.1, 0.15) is 18.4 Å². The van der Waals surface area contributed by atoms with Crippen LogP contribution < -0.4 is 16.2 Å². The molecule has 0 saturated heterocycles. The summed E-state index contributed by atoms with van der Waals surface area (Å²) in [4.78, 5) is 46.4. The van der Waals surface area contributed by atoms with E-state index < -0.39 is 16.7 Å². The fourth-order valence-corrected chi connectivity index (χ4v) is 2.59. The molecule has 10 heteroatoms. The molecule has 0 fully saturated rings. The van der Waals surface area contributed by atoms with Crippen LogP contribution in [0.5, 0.6) is 0 Å². The molecular formula is C20H16N4O6. The van der Waals surface area contributed by atoms with E-state index in [1.165, 1.54) is 24.5 Å². The average molecular weight is 408 g/mol. The summed E-state index contributed by atoms with van der Waals surface area (Å²) >= 11 is 0. The normalized spacial score (nSPS) is 10.8. The largest absolute Gasteiger partial charge is 0.463 e. The van der Waals surface area contributed by atoms with E-state index in [0.717, 1.165) is 6.21 Å². The van der Waals surface area contributed by atoms with Crippen molar-refractivity contribution >= 4 is 40.4 Å². The number of hydrogen-bond donors (Lipinski definition) is 2. The van der Waals surface area contributed by atoms with E-state index in [2.05, 4.69) is 15.8 Å². The fraction of sp³-hybridized carbons (Fsp3) is 0.100. The summed E-state index contributed by atoms with van der Waals surface area (Å²) in [5.41, 5.74) is 2.33. The minimum Gasteiger partial charge on any atom is -0.463 e. The van der Waals surface area contributed by atoms with E-state index in [0.29, 0.717) is 11.0 Å². The molecule has 0 bridgehead atoms. The lowest BCUT2D eigenvalue weighted by atomic mass is 10.2. The number of benzene rings is 2. The van der Waals surface area contributed by atoms with Crippen molar-refractivity contribution in [2.45, 2.75) is 12.8 Å². The first-order chi connectivity index (χ1) is 14.5. The van der Waals surface area contributed by atoms with Crippen molar-refractivity contribution in [3.63, 3.8) is 0 Å². The molecule has 152 valence electrons. The second-order valence-electron chi connectivity index (χ2n) is 6.13. The van der Waals surface area contributed by atoms with Gasteiger partial charge in [-0.2, -0.15) is 5.10 Å². The number of amides is 2. The van der Waals surface area contributed by atoms with Crippen LogP contribution in [-0.4, -0.2) is 23.0 Å². The predicted molar refractivity (Wildman–Crippen MR) is 109 cm³/mol. The van der Waals surface area contributed by atoms with Gasteiger partial charge >= 0.3 is 0 Å². The highest BCUT2D eigenvalue weighted by Crippen LogP contribution is 2.23. The van der Waals surface area contributed by atoms with Crippen molar-refractivity contribution in [1.82, 2.24) is 5.43 Å². The standard InChI is InChI=1S/C20H16N4O6/c25-18(22-15-6-2-3-7-16(15)24(28)29)9-10-19(26)23-21-11-13-12-30-17-8-4-1-5-14(17)20(13)27/h1-8,11-12H,9-10H2,(H,22,25)(H,23,26)/b21-11+. The van der Waals surface area contributed by atoms with Gasteiger partial charge in [0.1, 0.15) is 17.5 Å². The summed E-state index contributed by atoms with van der Waals surface area (Å²) in [5, 5.41) is 17.4. The summed E-state index contributed by atoms with van der Waals surface area (Å²) in [7, 11) is 0. The van der Waals surface area contributed by atoms with Crippen LogP contribution in [0.25, 0.3) is 11.0 Å². The molecule has 0 aliphatic carbocycles. The molecule has 30 heavy (non-hydrogen) atoms. The molecule has 0 saturated carbocycles. The van der Waals surface area contributed by atoms with Crippen molar-refractivity contribution in [3.8, 4) is 0 Å². The molecule has 0 atom stereocenters. The molecule has 2 N–H and O–H groups in total. The maximum Gasteiger partial charge on any atom is 0.292 e. The molecule has 1 heterocycles. The fourth-order valence-electron chi connectivity index (χ4n) is 2.59. The Morgan fingerprint density at radius 2 is 1.77 bits per heavy atom. The minimum atomic E-state index is -0.611. The molecule has 3 aromatic rings. The Labute approximate surface area is 169 Å². The van der Waals surface area contributed by atoms with Gasteiger partial charge in [-0.25, -0.2) is 5.43 Å². The molecule has 0 aliphatic heterocycles. The van der Waals surface area contributed by atoms with Crippen molar-refractivity contribution in [3.05, 3.63) is 80.7 Å². The van der Waals surface area contributed by atoms with Gasteiger partial charge in [0.25, 0.3) is 5.69 Å². The van der Waals surface area contributed by atoms with Crippen LogP contribution in [0, 0.1) is 10.1 Å². The van der Waals surface area contributed by atoms with Crippen LogP contribution in [0.2, 0.25) is 0 Å². The van der Waals surface area contributed by atoms with Crippen molar-refractivity contribution < 1.29 is 18.9 Å². The van der Waals surface area contributed by atoms with Crippen molar-refractivity contribution in [2.75, 3.05) is 5.32 Å². The second kappa shape index (κ2) is 9.24. The lowest BCUT2D eigenvalue weighted by molar-refractivity contribution is -0.383. The number of carbonyl (C=O) groups excluding carboxylic acids is 2. The van der Waals surface area contributed by atoms with E-state index in [1.54, 1.807) is 30.3 Å². The summed E-state index contributed by atoms with van der Waals surface area (Å²) < 4.78 is 5.34. The number of anilines is 1. The average Bonchev–Trinajstić information content (AvgIpc) is 2.74. The van der Waals surface area contributed by atoms with Gasteiger partial charge in [0, 0.05) is 18.9 Å². The molecule has 3 rings (SSSR count). The third-order valence-corrected chi connectivity index (χ3v) is 4.05. The Balaban J connectivity index is 1.53. The summed E-state index contributed by atoms with van der Waals surface area (Å²) in [6.45, 7) is 0. The van der Waals surface area contributed by atoms with Gasteiger partial charge < -0.3 is 9.73 Å². The zero-order valence-corrected chi connectivity index (χ0v) is 15.5. The Bertz CT molecular complexity index is 1200. The van der Waals surface area contributed by atoms with Crippen LogP contribution in [0.4, 0.5) is 11.4 Å². The summed E-state index contributed by atoms with van der Waals surface area (Å²) in [5.74, 6) is -1.12. The maximum absolute atomic E-state index is 12.3. The van der Waals surface area contributed by atoms with Gasteiger partial charge in [-0.1, -0.05) is 24.3 Å². The van der Waals surface area contributed by atoms with Gasteiger partial charge in [0.2, 0.25) is 17.2 Å². The van der Waals surface area contributed by atoms with Gasteiger partial charge in [-0.05, 0) is 18.2 Å². The number of para-hydroxylation sites is 3. The molecule has 0 unspecified atom stereocenters. The predicted octanol–water partition coefficient (Wildman–Crippen LogP) is 2.57. The molecule has 1 aromatic heterocycles. The number of nitrogens with one attached hydrogen (secondary N) is 2. The second-order valence-corrected chi connectivity index (χ2v) is 6.13. The molecule has 0 aliphatic rings. The minimum absolute atomic E-state index is 0.0500. The smallest absolute Gasteiger partial charge is 0.292 e. The Morgan fingerprint density at radius 1 is 1.07 bits per heavy atom. The maximum atomic E-state index is 12.3. The lowest BCUT2D eigenvalue weighted by Gasteiger charge is -2.05. The van der Waals surface area contributed by atoms with Gasteiger partial charge in [-0.3, -0.25) is 24.5 Å². The van der Waals surface area contributed by atoms with Crippen molar-refractivity contribution in [1.29, 1.82) is 0 Å². The zero-order chi connectivity index (χ0) is 21.5. The van der Waals surface area contributed by atoms with E-state index in [1.807, 2.05) is 0 Å². The third-order valence-electron chi connectivity index (χ3n) is 4.05. The molecule has 2 aromatic carbocycles. The number of nitro groups is 1. The molecule has 0 spiro atoms. The van der Waals surface area contributed by atoms with Crippen LogP contribution >= 0.6 is 0 Å². The van der Waals surface area contributed by atoms with Crippen LogP contribution in [-0.2, 0) is 9.59 Å². The Hall–Kier alpha value is -4.34. The van der Waals surface area contributed by atoms with E-state index in [-0.39, 0.29) is 35.2 Å². The number of nitrogens with zero attached hydrogens (tertiary/aromatic N) is 2. The van der Waals surface area contributed by atoms with E-state index >= 15 is 0 Å². The summed E-state index contributed by atoms with van der Waals surface area (Å²) in [6.07, 6.45) is 1.99.